The number of halogens is 1. The van der Waals surface area contributed by atoms with Crippen LogP contribution < -0.4 is 16.0 Å². The van der Waals surface area contributed by atoms with Gasteiger partial charge in [-0.05, 0) is 30.5 Å². The normalized spacial score (nSPS) is 14.9. The van der Waals surface area contributed by atoms with Crippen LogP contribution in [0, 0.1) is 5.92 Å². The van der Waals surface area contributed by atoms with Gasteiger partial charge in [0.25, 0.3) is 5.91 Å². The molecule has 0 aliphatic heterocycles. The maximum absolute atomic E-state index is 12.7. The summed E-state index contributed by atoms with van der Waals surface area (Å²) in [5.41, 5.74) is 1.19. The van der Waals surface area contributed by atoms with Crippen LogP contribution in [0.1, 0.15) is 60.5 Å². The summed E-state index contributed by atoms with van der Waals surface area (Å²) in [5.74, 6) is -0.364. The van der Waals surface area contributed by atoms with Gasteiger partial charge in [0.15, 0.2) is 0 Å². The standard InChI is InChI=1S/C25H30ClN3O3/c26-21-14-8-7-13-20(21)25(32)29-22(18-9-3-1-4-10-18)17-23(30)27-15-16-28-24(31)19-11-5-2-6-12-19/h1,3-4,7-10,13-14,19,22H,2,5-6,11-12,15-17H2,(H,27,30)(H,28,31)(H,29,32). The van der Waals surface area contributed by atoms with E-state index in [1.54, 1.807) is 24.3 Å². The molecule has 1 atom stereocenters. The maximum Gasteiger partial charge on any atom is 0.253 e. The zero-order valence-corrected chi connectivity index (χ0v) is 18.9. The van der Waals surface area contributed by atoms with Crippen LogP contribution in [0.4, 0.5) is 0 Å². The molecule has 0 heterocycles. The number of hydrogen-bond donors (Lipinski definition) is 3. The number of amides is 3. The van der Waals surface area contributed by atoms with Crippen LogP contribution in [0.25, 0.3) is 0 Å². The van der Waals surface area contributed by atoms with E-state index < -0.39 is 6.04 Å². The topological polar surface area (TPSA) is 87.3 Å². The molecule has 0 saturated heterocycles. The van der Waals surface area contributed by atoms with Crippen molar-refractivity contribution in [1.82, 2.24) is 16.0 Å². The van der Waals surface area contributed by atoms with Gasteiger partial charge in [-0.25, -0.2) is 0 Å². The average molecular weight is 456 g/mol. The third-order valence-electron chi connectivity index (χ3n) is 5.74. The first-order valence-corrected chi connectivity index (χ1v) is 11.6. The number of hydrogen-bond acceptors (Lipinski definition) is 3. The van der Waals surface area contributed by atoms with Gasteiger partial charge in [0, 0.05) is 19.0 Å². The van der Waals surface area contributed by atoms with Gasteiger partial charge in [-0.2, -0.15) is 0 Å². The summed E-state index contributed by atoms with van der Waals surface area (Å²) in [7, 11) is 0. The molecule has 1 aliphatic carbocycles. The maximum atomic E-state index is 12.7. The van der Waals surface area contributed by atoms with E-state index in [-0.39, 0.29) is 30.1 Å². The largest absolute Gasteiger partial charge is 0.354 e. The van der Waals surface area contributed by atoms with Crippen LogP contribution in [0.15, 0.2) is 54.6 Å². The molecule has 6 nitrogen and oxygen atoms in total. The van der Waals surface area contributed by atoms with E-state index in [9.17, 15) is 14.4 Å². The van der Waals surface area contributed by atoms with Crippen molar-refractivity contribution in [2.24, 2.45) is 5.92 Å². The molecule has 0 aromatic heterocycles. The van der Waals surface area contributed by atoms with E-state index >= 15 is 0 Å². The minimum atomic E-state index is -0.503. The lowest BCUT2D eigenvalue weighted by atomic mass is 9.89. The molecule has 3 amide bonds. The van der Waals surface area contributed by atoms with E-state index in [2.05, 4.69) is 16.0 Å². The highest BCUT2D eigenvalue weighted by molar-refractivity contribution is 6.33. The summed E-state index contributed by atoms with van der Waals surface area (Å²) in [6.45, 7) is 0.736. The van der Waals surface area contributed by atoms with E-state index in [1.807, 2.05) is 30.3 Å². The van der Waals surface area contributed by atoms with Crippen molar-refractivity contribution in [1.29, 1.82) is 0 Å². The van der Waals surface area contributed by atoms with Gasteiger partial charge >= 0.3 is 0 Å². The number of benzene rings is 2. The zero-order valence-electron chi connectivity index (χ0n) is 18.1. The minimum absolute atomic E-state index is 0.0770. The van der Waals surface area contributed by atoms with Crippen molar-refractivity contribution >= 4 is 29.3 Å². The smallest absolute Gasteiger partial charge is 0.253 e. The third-order valence-corrected chi connectivity index (χ3v) is 6.07. The van der Waals surface area contributed by atoms with Crippen LogP contribution in [0.5, 0.6) is 0 Å². The van der Waals surface area contributed by atoms with Gasteiger partial charge in [0.1, 0.15) is 0 Å². The Hall–Kier alpha value is -2.86. The fourth-order valence-electron chi connectivity index (χ4n) is 3.97. The van der Waals surface area contributed by atoms with Crippen LogP contribution in [-0.2, 0) is 9.59 Å². The van der Waals surface area contributed by atoms with Crippen LogP contribution >= 0.6 is 11.6 Å². The molecule has 0 bridgehead atoms. The van der Waals surface area contributed by atoms with Gasteiger partial charge in [-0.15, -0.1) is 0 Å². The lowest BCUT2D eigenvalue weighted by Crippen LogP contribution is -2.39. The van der Waals surface area contributed by atoms with Crippen molar-refractivity contribution < 1.29 is 14.4 Å². The molecular weight excluding hydrogens is 426 g/mol. The molecule has 0 radical (unpaired) electrons. The van der Waals surface area contributed by atoms with Gasteiger partial charge in [-0.1, -0.05) is 73.3 Å². The zero-order chi connectivity index (χ0) is 22.8. The Kier molecular flexibility index (Phi) is 9.11. The van der Waals surface area contributed by atoms with Crippen molar-refractivity contribution in [3.05, 3.63) is 70.7 Å². The molecule has 2 aromatic carbocycles. The molecule has 2 aromatic rings. The Balaban J connectivity index is 1.51. The highest BCUT2D eigenvalue weighted by Crippen LogP contribution is 2.23. The van der Waals surface area contributed by atoms with Crippen LogP contribution in [0.3, 0.4) is 0 Å². The van der Waals surface area contributed by atoms with Gasteiger partial charge in [-0.3, -0.25) is 14.4 Å². The molecule has 7 heteroatoms. The third kappa shape index (κ3) is 7.09. The fourth-order valence-corrected chi connectivity index (χ4v) is 4.19. The second kappa shape index (κ2) is 12.2. The Morgan fingerprint density at radius 3 is 2.25 bits per heavy atom. The predicted molar refractivity (Wildman–Crippen MR) is 125 cm³/mol. The highest BCUT2D eigenvalue weighted by atomic mass is 35.5. The number of carbonyl (C=O) groups is 3. The van der Waals surface area contributed by atoms with Crippen molar-refractivity contribution in [2.45, 2.75) is 44.6 Å². The Labute approximate surface area is 194 Å². The summed E-state index contributed by atoms with van der Waals surface area (Å²) >= 11 is 6.15. The first-order valence-electron chi connectivity index (χ1n) is 11.2. The van der Waals surface area contributed by atoms with E-state index in [0.29, 0.717) is 23.7 Å². The minimum Gasteiger partial charge on any atom is -0.354 e. The second-order valence-corrected chi connectivity index (χ2v) is 8.50. The summed E-state index contributed by atoms with van der Waals surface area (Å²) in [6.07, 6.45) is 5.39. The van der Waals surface area contributed by atoms with Gasteiger partial charge in [0.2, 0.25) is 11.8 Å². The van der Waals surface area contributed by atoms with Crippen molar-refractivity contribution in [3.63, 3.8) is 0 Å². The molecule has 32 heavy (non-hydrogen) atoms. The second-order valence-electron chi connectivity index (χ2n) is 8.10. The molecular formula is C25H30ClN3O3. The summed E-state index contributed by atoms with van der Waals surface area (Å²) in [4.78, 5) is 37.5. The Morgan fingerprint density at radius 1 is 0.875 bits per heavy atom. The van der Waals surface area contributed by atoms with Crippen LogP contribution in [0.2, 0.25) is 5.02 Å². The molecule has 3 rings (SSSR count). The van der Waals surface area contributed by atoms with Crippen molar-refractivity contribution in [2.75, 3.05) is 13.1 Å². The van der Waals surface area contributed by atoms with Crippen molar-refractivity contribution in [3.8, 4) is 0 Å². The Morgan fingerprint density at radius 2 is 1.53 bits per heavy atom. The monoisotopic (exact) mass is 455 g/mol. The summed E-state index contributed by atoms with van der Waals surface area (Å²) < 4.78 is 0. The molecule has 170 valence electrons. The molecule has 1 unspecified atom stereocenters. The lowest BCUT2D eigenvalue weighted by molar-refractivity contribution is -0.126. The first kappa shape index (κ1) is 23.8. The fraction of sp³-hybridized carbons (Fsp3) is 0.400. The predicted octanol–water partition coefficient (Wildman–Crippen LogP) is 4.01. The van der Waals surface area contributed by atoms with Crippen LogP contribution in [-0.4, -0.2) is 30.8 Å². The summed E-state index contributed by atoms with van der Waals surface area (Å²) in [5, 5.41) is 9.02. The highest BCUT2D eigenvalue weighted by Gasteiger charge is 2.22. The van der Waals surface area contributed by atoms with Gasteiger partial charge in [0.05, 0.1) is 23.0 Å². The van der Waals surface area contributed by atoms with E-state index in [0.717, 1.165) is 31.2 Å². The molecule has 0 spiro atoms. The molecule has 1 saturated carbocycles. The number of rotatable bonds is 9. The molecule has 1 fully saturated rings. The number of carbonyl (C=O) groups excluding carboxylic acids is 3. The average Bonchev–Trinajstić information content (AvgIpc) is 2.82. The SMILES string of the molecule is O=C(CC(NC(=O)c1ccccc1Cl)c1ccccc1)NCCNC(=O)C1CCCCC1. The molecule has 1 aliphatic rings. The lowest BCUT2D eigenvalue weighted by Gasteiger charge is -2.21. The van der Waals surface area contributed by atoms with Gasteiger partial charge < -0.3 is 16.0 Å². The Bertz CT molecular complexity index is 914. The quantitative estimate of drug-likeness (QED) is 0.499. The van der Waals surface area contributed by atoms with E-state index in [4.69, 9.17) is 11.6 Å². The summed E-state index contributed by atoms with van der Waals surface area (Å²) in [6, 6.07) is 15.6. The number of nitrogens with one attached hydrogen (secondary N) is 3. The van der Waals surface area contributed by atoms with E-state index in [1.165, 1.54) is 6.42 Å². The first-order chi connectivity index (χ1) is 15.5. The molecule has 3 N–H and O–H groups in total.